The molecular formula is C46H40N2. The number of allylic oxidation sites excluding steroid dienone is 12. The van der Waals surface area contributed by atoms with E-state index in [1.165, 1.54) is 55.7 Å². The van der Waals surface area contributed by atoms with Crippen LogP contribution in [-0.4, -0.2) is 6.54 Å². The molecule has 2 unspecified atom stereocenters. The second-order valence-electron chi connectivity index (χ2n) is 13.1. The lowest BCUT2D eigenvalue weighted by Crippen LogP contribution is -2.29. The second kappa shape index (κ2) is 13.3. The van der Waals surface area contributed by atoms with Gasteiger partial charge in [0.25, 0.3) is 0 Å². The number of hydrogen-bond acceptors (Lipinski definition) is 2. The van der Waals surface area contributed by atoms with Gasteiger partial charge in [-0.3, -0.25) is 0 Å². The largest absolute Gasteiger partial charge is 0.397 e. The molecule has 0 spiro atoms. The molecule has 234 valence electrons. The molecule has 0 radical (unpaired) electrons. The van der Waals surface area contributed by atoms with Crippen molar-refractivity contribution in [1.82, 2.24) is 0 Å². The third-order valence-corrected chi connectivity index (χ3v) is 9.84. The Morgan fingerprint density at radius 3 is 2.35 bits per heavy atom. The van der Waals surface area contributed by atoms with Gasteiger partial charge in [-0.15, -0.1) is 0 Å². The van der Waals surface area contributed by atoms with Crippen molar-refractivity contribution >= 4 is 34.7 Å². The molecule has 4 aliphatic rings. The van der Waals surface area contributed by atoms with Crippen LogP contribution in [0.2, 0.25) is 0 Å². The summed E-state index contributed by atoms with van der Waals surface area (Å²) in [6, 6.07) is 34.9. The average Bonchev–Trinajstić information content (AvgIpc) is 3.45. The Kier molecular flexibility index (Phi) is 8.22. The molecule has 0 amide bonds. The van der Waals surface area contributed by atoms with Crippen LogP contribution in [0.25, 0.3) is 23.3 Å². The van der Waals surface area contributed by atoms with Gasteiger partial charge in [0.1, 0.15) is 0 Å². The first-order chi connectivity index (χ1) is 23.7. The molecule has 0 saturated carbocycles. The van der Waals surface area contributed by atoms with Gasteiger partial charge in [0.2, 0.25) is 0 Å². The molecule has 48 heavy (non-hydrogen) atoms. The minimum absolute atomic E-state index is 0.176. The van der Waals surface area contributed by atoms with E-state index in [0.717, 1.165) is 37.3 Å². The molecule has 0 saturated heterocycles. The highest BCUT2D eigenvalue weighted by Crippen LogP contribution is 2.45. The number of hydrogen-bond donors (Lipinski definition) is 1. The number of nitrogen functional groups attached to an aromatic ring is 1. The van der Waals surface area contributed by atoms with Crippen molar-refractivity contribution in [3.63, 3.8) is 0 Å². The second-order valence-corrected chi connectivity index (χ2v) is 13.1. The number of nitrogens with zero attached hydrogens (tertiary/aromatic N) is 1. The third-order valence-electron chi connectivity index (χ3n) is 9.84. The first kappa shape index (κ1) is 29.8. The van der Waals surface area contributed by atoms with Crippen LogP contribution < -0.4 is 10.6 Å². The van der Waals surface area contributed by atoms with E-state index < -0.39 is 0 Å². The Morgan fingerprint density at radius 1 is 0.688 bits per heavy atom. The molecule has 0 fully saturated rings. The smallest absolute Gasteiger partial charge is 0.0603 e. The summed E-state index contributed by atoms with van der Waals surface area (Å²) in [5.74, 6) is 0.505. The van der Waals surface area contributed by atoms with Crippen molar-refractivity contribution in [1.29, 1.82) is 0 Å². The zero-order valence-corrected chi connectivity index (χ0v) is 27.2. The molecule has 8 rings (SSSR count). The van der Waals surface area contributed by atoms with Crippen molar-refractivity contribution < 1.29 is 0 Å². The minimum atomic E-state index is 0.176. The summed E-state index contributed by atoms with van der Waals surface area (Å²) >= 11 is 0. The maximum absolute atomic E-state index is 6.57. The van der Waals surface area contributed by atoms with E-state index in [-0.39, 0.29) is 5.92 Å². The van der Waals surface area contributed by atoms with E-state index >= 15 is 0 Å². The lowest BCUT2D eigenvalue weighted by atomic mass is 9.81. The molecule has 2 N–H and O–H groups in total. The van der Waals surface area contributed by atoms with Crippen LogP contribution in [0.1, 0.15) is 46.2 Å². The number of para-hydroxylation sites is 2. The van der Waals surface area contributed by atoms with Crippen LogP contribution in [0.5, 0.6) is 0 Å². The normalized spacial score (nSPS) is 19.1. The summed E-state index contributed by atoms with van der Waals surface area (Å²) in [5.41, 5.74) is 21.4. The minimum Gasteiger partial charge on any atom is -0.397 e. The first-order valence-corrected chi connectivity index (χ1v) is 17.1. The van der Waals surface area contributed by atoms with E-state index in [4.69, 9.17) is 5.73 Å². The van der Waals surface area contributed by atoms with Gasteiger partial charge < -0.3 is 10.6 Å². The monoisotopic (exact) mass is 620 g/mol. The number of fused-ring (bicyclic) bond motifs is 3. The molecule has 0 aliphatic heterocycles. The molecule has 2 nitrogen and oxygen atoms in total. The summed E-state index contributed by atoms with van der Waals surface area (Å²) < 4.78 is 0. The van der Waals surface area contributed by atoms with Gasteiger partial charge in [-0.25, -0.2) is 0 Å². The molecule has 2 atom stereocenters. The number of rotatable bonds is 7. The molecule has 0 heterocycles. The average molecular weight is 621 g/mol. The van der Waals surface area contributed by atoms with Gasteiger partial charge in [0.15, 0.2) is 0 Å². The lowest BCUT2D eigenvalue weighted by Gasteiger charge is -2.31. The van der Waals surface area contributed by atoms with Crippen LogP contribution in [0, 0.1) is 11.8 Å². The fourth-order valence-corrected chi connectivity index (χ4v) is 7.55. The lowest BCUT2D eigenvalue weighted by molar-refractivity contribution is 0.613. The van der Waals surface area contributed by atoms with E-state index in [9.17, 15) is 0 Å². The van der Waals surface area contributed by atoms with Crippen molar-refractivity contribution in [2.24, 2.45) is 11.8 Å². The summed E-state index contributed by atoms with van der Waals surface area (Å²) in [6.07, 6.45) is 29.7. The van der Waals surface area contributed by atoms with Crippen LogP contribution in [0.15, 0.2) is 169 Å². The van der Waals surface area contributed by atoms with Crippen molar-refractivity contribution in [2.75, 3.05) is 17.2 Å². The van der Waals surface area contributed by atoms with E-state index in [0.29, 0.717) is 5.92 Å². The molecule has 2 heteroatoms. The number of benzene rings is 4. The van der Waals surface area contributed by atoms with Crippen LogP contribution >= 0.6 is 0 Å². The summed E-state index contributed by atoms with van der Waals surface area (Å²) in [4.78, 5) is 2.45. The molecule has 4 aromatic carbocycles. The molecule has 4 aliphatic carbocycles. The number of nitrogens with two attached hydrogens (primary N) is 1. The Balaban J connectivity index is 1.19. The zero-order valence-electron chi connectivity index (χ0n) is 27.2. The van der Waals surface area contributed by atoms with Crippen molar-refractivity contribution in [3.8, 4) is 0 Å². The third kappa shape index (κ3) is 5.98. The van der Waals surface area contributed by atoms with Crippen LogP contribution in [-0.2, 0) is 6.54 Å². The Bertz CT molecular complexity index is 2100. The topological polar surface area (TPSA) is 29.3 Å². The molecule has 0 aromatic heterocycles. The predicted molar refractivity (Wildman–Crippen MR) is 205 cm³/mol. The highest BCUT2D eigenvalue weighted by atomic mass is 15.1. The zero-order chi connectivity index (χ0) is 32.3. The molecular weight excluding hydrogens is 581 g/mol. The SMILES string of the molecule is Nc1ccccc1N(Cc1ccccc1)CC1C=C(C2=C3C=CC=CC3C=C(c3ccc4c(c3)C=CCC=C4)c3ccccc32)C=CC1. The van der Waals surface area contributed by atoms with Gasteiger partial charge in [-0.1, -0.05) is 152 Å². The number of anilines is 2. The van der Waals surface area contributed by atoms with Crippen LogP contribution in [0.3, 0.4) is 0 Å². The fourth-order valence-electron chi connectivity index (χ4n) is 7.55. The maximum Gasteiger partial charge on any atom is 0.0603 e. The van der Waals surface area contributed by atoms with Gasteiger partial charge in [0, 0.05) is 19.0 Å². The standard InChI is InChI=1S/C46H40N2/c47-44-24-11-12-25-45(44)48(31-33-14-3-1-4-15-33)32-34-16-13-20-39(28-34)46-40-21-8-7-19-37(40)30-43(41-22-9-10-23-42(41)46)38-27-26-35-17-5-2-6-18-36(35)29-38/h1,3-15,17-30,34,37H,2,16,31-32,47H2. The van der Waals surface area contributed by atoms with E-state index in [1.807, 2.05) is 12.1 Å². The summed E-state index contributed by atoms with van der Waals surface area (Å²) in [6.45, 7) is 1.69. The quantitative estimate of drug-likeness (QED) is 0.208. The Hall–Kier alpha value is -5.60. The van der Waals surface area contributed by atoms with Crippen molar-refractivity contribution in [2.45, 2.75) is 19.4 Å². The predicted octanol–water partition coefficient (Wildman–Crippen LogP) is 10.8. The summed E-state index contributed by atoms with van der Waals surface area (Å²) in [7, 11) is 0. The molecule has 4 aromatic rings. The van der Waals surface area contributed by atoms with Crippen molar-refractivity contribution in [3.05, 3.63) is 202 Å². The highest BCUT2D eigenvalue weighted by Gasteiger charge is 2.27. The maximum atomic E-state index is 6.57. The van der Waals surface area contributed by atoms with Gasteiger partial charge >= 0.3 is 0 Å². The van der Waals surface area contributed by atoms with E-state index in [2.05, 4.69) is 163 Å². The van der Waals surface area contributed by atoms with Gasteiger partial charge in [-0.2, -0.15) is 0 Å². The highest BCUT2D eigenvalue weighted by molar-refractivity contribution is 5.97. The molecule has 0 bridgehead atoms. The van der Waals surface area contributed by atoms with Gasteiger partial charge in [-0.05, 0) is 92.6 Å². The Morgan fingerprint density at radius 2 is 1.48 bits per heavy atom. The first-order valence-electron chi connectivity index (χ1n) is 17.1. The Labute approximate surface area is 284 Å². The summed E-state index contributed by atoms with van der Waals surface area (Å²) in [5, 5.41) is 0. The van der Waals surface area contributed by atoms with Gasteiger partial charge in [0.05, 0.1) is 11.4 Å². The van der Waals surface area contributed by atoms with Crippen LogP contribution in [0.4, 0.5) is 11.4 Å². The fraction of sp³-hybridized carbons (Fsp3) is 0.130. The van der Waals surface area contributed by atoms with E-state index in [1.54, 1.807) is 0 Å².